The topological polar surface area (TPSA) is 41.1 Å². The van der Waals surface area contributed by atoms with Crippen LogP contribution in [0.25, 0.3) is 0 Å². The van der Waals surface area contributed by atoms with Crippen molar-refractivity contribution < 1.29 is 4.79 Å². The molecule has 3 heteroatoms. The zero-order chi connectivity index (χ0) is 11.0. The van der Waals surface area contributed by atoms with Crippen LogP contribution in [0.15, 0.2) is 0 Å². The van der Waals surface area contributed by atoms with Gasteiger partial charge in [0, 0.05) is 19.0 Å². The van der Waals surface area contributed by atoms with Crippen molar-refractivity contribution >= 4 is 5.91 Å². The molecule has 3 nitrogen and oxygen atoms in total. The minimum atomic E-state index is 0.256. The largest absolute Gasteiger partial charge is 0.355 e. The van der Waals surface area contributed by atoms with Crippen LogP contribution in [0.5, 0.6) is 0 Å². The molecule has 1 amide bonds. The minimum absolute atomic E-state index is 0.256. The fourth-order valence-electron chi connectivity index (χ4n) is 3.09. The first kappa shape index (κ1) is 10.6. The van der Waals surface area contributed by atoms with Gasteiger partial charge in [0.1, 0.15) is 0 Å². The molecule has 0 unspecified atom stereocenters. The molecule has 90 valence electrons. The summed E-state index contributed by atoms with van der Waals surface area (Å²) < 4.78 is 0. The fraction of sp³-hybridized carbons (Fsp3) is 0.923. The lowest BCUT2D eigenvalue weighted by atomic mass is 10.0. The molecule has 3 rings (SSSR count). The van der Waals surface area contributed by atoms with E-state index in [1.54, 1.807) is 0 Å². The minimum Gasteiger partial charge on any atom is -0.355 e. The van der Waals surface area contributed by atoms with Crippen molar-refractivity contribution in [1.82, 2.24) is 10.6 Å². The van der Waals surface area contributed by atoms with Crippen LogP contribution in [0.4, 0.5) is 0 Å². The van der Waals surface area contributed by atoms with E-state index in [0.717, 1.165) is 19.0 Å². The predicted octanol–water partition coefficient (Wildman–Crippen LogP) is 1.43. The van der Waals surface area contributed by atoms with E-state index in [2.05, 4.69) is 10.6 Å². The Hall–Kier alpha value is -0.570. The third-order valence-electron chi connectivity index (χ3n) is 4.57. The van der Waals surface area contributed by atoms with Crippen LogP contribution in [-0.4, -0.2) is 25.0 Å². The number of amides is 1. The number of hydrogen-bond donors (Lipinski definition) is 2. The van der Waals surface area contributed by atoms with E-state index in [1.165, 1.54) is 38.5 Å². The molecular formula is C13H22N2O. The Balaban J connectivity index is 1.39. The molecule has 0 aromatic heterocycles. The summed E-state index contributed by atoms with van der Waals surface area (Å²) in [6, 6.07) is 0.441. The van der Waals surface area contributed by atoms with Gasteiger partial charge < -0.3 is 10.6 Å². The van der Waals surface area contributed by atoms with Gasteiger partial charge in [-0.3, -0.25) is 4.79 Å². The van der Waals surface area contributed by atoms with Crippen LogP contribution in [0.3, 0.4) is 0 Å². The summed E-state index contributed by atoms with van der Waals surface area (Å²) in [5, 5.41) is 6.53. The predicted molar refractivity (Wildman–Crippen MR) is 63.0 cm³/mol. The van der Waals surface area contributed by atoms with E-state index in [9.17, 15) is 4.79 Å². The van der Waals surface area contributed by atoms with E-state index in [1.807, 2.05) is 0 Å². The van der Waals surface area contributed by atoms with E-state index in [0.29, 0.717) is 17.9 Å². The quantitative estimate of drug-likeness (QED) is 0.739. The zero-order valence-electron chi connectivity index (χ0n) is 9.93. The summed E-state index contributed by atoms with van der Waals surface area (Å²) in [5.74, 6) is 1.20. The third-order valence-corrected chi connectivity index (χ3v) is 4.57. The Labute approximate surface area is 97.4 Å². The van der Waals surface area contributed by atoms with Crippen molar-refractivity contribution in [3.05, 3.63) is 0 Å². The molecule has 3 fully saturated rings. The maximum atomic E-state index is 11.8. The van der Waals surface area contributed by atoms with E-state index in [4.69, 9.17) is 0 Å². The average Bonchev–Trinajstić information content (AvgIpc) is 3.16. The van der Waals surface area contributed by atoms with Gasteiger partial charge in [0.05, 0.1) is 0 Å². The Morgan fingerprint density at radius 3 is 2.69 bits per heavy atom. The molecule has 0 bridgehead atoms. The lowest BCUT2D eigenvalue weighted by molar-refractivity contribution is -0.121. The van der Waals surface area contributed by atoms with Crippen molar-refractivity contribution in [2.45, 2.75) is 51.0 Å². The van der Waals surface area contributed by atoms with Crippen LogP contribution in [-0.2, 0) is 4.79 Å². The van der Waals surface area contributed by atoms with Gasteiger partial charge in [-0.05, 0) is 56.4 Å². The van der Waals surface area contributed by atoms with Gasteiger partial charge >= 0.3 is 0 Å². The monoisotopic (exact) mass is 222 g/mol. The SMILES string of the molecule is O=C(C[C@H]1CCCN1)NCC1(C2CC2)CC1. The number of carbonyl (C=O) groups excluding carboxylic acids is 1. The fourth-order valence-corrected chi connectivity index (χ4v) is 3.09. The summed E-state index contributed by atoms with van der Waals surface area (Å²) in [5.41, 5.74) is 0.540. The average molecular weight is 222 g/mol. The van der Waals surface area contributed by atoms with Gasteiger partial charge in [-0.15, -0.1) is 0 Å². The van der Waals surface area contributed by atoms with Crippen molar-refractivity contribution in [1.29, 1.82) is 0 Å². The summed E-state index contributed by atoms with van der Waals surface area (Å²) in [7, 11) is 0. The number of rotatable bonds is 5. The maximum Gasteiger partial charge on any atom is 0.221 e. The van der Waals surface area contributed by atoms with Gasteiger partial charge in [0.2, 0.25) is 5.91 Å². The Bertz CT molecular complexity index is 276. The Morgan fingerprint density at radius 1 is 1.31 bits per heavy atom. The molecule has 2 saturated carbocycles. The molecule has 1 heterocycles. The molecule has 1 saturated heterocycles. The lowest BCUT2D eigenvalue weighted by Gasteiger charge is -2.16. The van der Waals surface area contributed by atoms with E-state index in [-0.39, 0.29) is 5.91 Å². The number of nitrogens with one attached hydrogen (secondary N) is 2. The number of hydrogen-bond acceptors (Lipinski definition) is 2. The van der Waals surface area contributed by atoms with Crippen molar-refractivity contribution in [2.24, 2.45) is 11.3 Å². The van der Waals surface area contributed by atoms with Crippen molar-refractivity contribution in [3.8, 4) is 0 Å². The van der Waals surface area contributed by atoms with E-state index >= 15 is 0 Å². The molecule has 2 N–H and O–H groups in total. The summed E-state index contributed by atoms with van der Waals surface area (Å²) in [6.07, 6.45) is 8.57. The first-order valence-corrected chi connectivity index (χ1v) is 6.79. The van der Waals surface area contributed by atoms with Crippen molar-refractivity contribution in [3.63, 3.8) is 0 Å². The molecule has 3 aliphatic rings. The van der Waals surface area contributed by atoms with Gasteiger partial charge in [0.15, 0.2) is 0 Å². The second-order valence-corrected chi connectivity index (χ2v) is 5.91. The third kappa shape index (κ3) is 2.24. The molecule has 1 aliphatic heterocycles. The van der Waals surface area contributed by atoms with Crippen LogP contribution in [0.2, 0.25) is 0 Å². The van der Waals surface area contributed by atoms with Crippen LogP contribution in [0.1, 0.15) is 44.9 Å². The Morgan fingerprint density at radius 2 is 2.12 bits per heavy atom. The molecule has 0 spiro atoms. The van der Waals surface area contributed by atoms with Crippen LogP contribution < -0.4 is 10.6 Å². The molecular weight excluding hydrogens is 200 g/mol. The molecule has 0 radical (unpaired) electrons. The second kappa shape index (κ2) is 4.02. The highest BCUT2D eigenvalue weighted by atomic mass is 16.1. The van der Waals surface area contributed by atoms with Crippen molar-refractivity contribution in [2.75, 3.05) is 13.1 Å². The molecule has 0 aromatic carbocycles. The molecule has 2 aliphatic carbocycles. The number of carbonyl (C=O) groups is 1. The lowest BCUT2D eigenvalue weighted by Crippen LogP contribution is -2.35. The second-order valence-electron chi connectivity index (χ2n) is 5.91. The summed E-state index contributed by atoms with van der Waals surface area (Å²) in [6.45, 7) is 2.03. The first-order chi connectivity index (χ1) is 7.78. The highest BCUT2D eigenvalue weighted by Crippen LogP contribution is 2.60. The molecule has 0 aromatic rings. The molecule has 16 heavy (non-hydrogen) atoms. The van der Waals surface area contributed by atoms with E-state index < -0.39 is 0 Å². The normalized spacial score (nSPS) is 31.4. The van der Waals surface area contributed by atoms with Gasteiger partial charge in [-0.1, -0.05) is 0 Å². The maximum absolute atomic E-state index is 11.8. The standard InChI is InChI=1S/C13H22N2O/c16-12(8-11-2-1-7-14-11)15-9-13(5-6-13)10-3-4-10/h10-11,14H,1-9H2,(H,15,16)/t11-/m1/s1. The van der Waals surface area contributed by atoms with Crippen LogP contribution in [0, 0.1) is 11.3 Å². The summed E-state index contributed by atoms with van der Waals surface area (Å²) >= 11 is 0. The smallest absolute Gasteiger partial charge is 0.221 e. The zero-order valence-corrected chi connectivity index (χ0v) is 9.93. The highest BCUT2D eigenvalue weighted by Gasteiger charge is 2.53. The van der Waals surface area contributed by atoms with Gasteiger partial charge in [-0.25, -0.2) is 0 Å². The highest BCUT2D eigenvalue weighted by molar-refractivity contribution is 5.76. The van der Waals surface area contributed by atoms with Crippen LogP contribution >= 0.6 is 0 Å². The molecule has 1 atom stereocenters. The van der Waals surface area contributed by atoms with Gasteiger partial charge in [0.25, 0.3) is 0 Å². The Kier molecular flexibility index (Phi) is 2.66. The first-order valence-electron chi connectivity index (χ1n) is 6.79. The summed E-state index contributed by atoms with van der Waals surface area (Å²) in [4.78, 5) is 11.8. The van der Waals surface area contributed by atoms with Gasteiger partial charge in [-0.2, -0.15) is 0 Å².